The number of nitro groups is 1. The van der Waals surface area contributed by atoms with Gasteiger partial charge in [-0.3, -0.25) is 14.9 Å². The first-order valence-corrected chi connectivity index (χ1v) is 5.38. The number of carbonyl (C=O) groups excluding carboxylic acids is 1. The summed E-state index contributed by atoms with van der Waals surface area (Å²) in [6.45, 7) is 3.46. The minimum absolute atomic E-state index is 0.0697. The fourth-order valence-electron chi connectivity index (χ4n) is 1.24. The maximum atomic E-state index is 11.2. The van der Waals surface area contributed by atoms with E-state index in [4.69, 9.17) is 4.74 Å². The van der Waals surface area contributed by atoms with Crippen LogP contribution >= 0.6 is 15.9 Å². The molecule has 0 radical (unpaired) electrons. The number of ketones is 1. The van der Waals surface area contributed by atoms with Gasteiger partial charge in [-0.25, -0.2) is 0 Å². The second-order valence-electron chi connectivity index (χ2n) is 3.05. The number of Topliss-reactive ketones (excluding diaryl/α,β-unsaturated/α-hetero) is 1. The van der Waals surface area contributed by atoms with Crippen LogP contribution in [0, 0.1) is 10.1 Å². The first-order chi connectivity index (χ1) is 7.47. The molecule has 0 aliphatic heterocycles. The SMILES string of the molecule is CCOc1cc([N+](=O)[O-])c(C(C)=O)cc1Br. The molecule has 0 saturated heterocycles. The van der Waals surface area contributed by atoms with Crippen molar-refractivity contribution >= 4 is 27.4 Å². The van der Waals surface area contributed by atoms with E-state index >= 15 is 0 Å². The van der Waals surface area contributed by atoms with Gasteiger partial charge >= 0.3 is 0 Å². The molecule has 0 bridgehead atoms. The Bertz CT molecular complexity index is 445. The number of rotatable bonds is 4. The Kier molecular flexibility index (Phi) is 4.00. The minimum atomic E-state index is -0.592. The van der Waals surface area contributed by atoms with Crippen molar-refractivity contribution in [3.8, 4) is 5.75 Å². The summed E-state index contributed by atoms with van der Waals surface area (Å²) in [5.74, 6) is 0.00893. The molecular weight excluding hydrogens is 278 g/mol. The third-order valence-corrected chi connectivity index (χ3v) is 2.55. The van der Waals surface area contributed by atoms with Gasteiger partial charge in [0.2, 0.25) is 0 Å². The lowest BCUT2D eigenvalue weighted by atomic mass is 10.1. The first kappa shape index (κ1) is 12.6. The minimum Gasteiger partial charge on any atom is -0.492 e. The smallest absolute Gasteiger partial charge is 0.283 e. The Balaban J connectivity index is 3.37. The zero-order valence-corrected chi connectivity index (χ0v) is 10.4. The van der Waals surface area contributed by atoms with Crippen molar-refractivity contribution in [3.63, 3.8) is 0 Å². The molecule has 0 aliphatic carbocycles. The van der Waals surface area contributed by atoms with Crippen molar-refractivity contribution < 1.29 is 14.5 Å². The van der Waals surface area contributed by atoms with Crippen molar-refractivity contribution in [1.82, 2.24) is 0 Å². The van der Waals surface area contributed by atoms with Crippen LogP contribution in [0.25, 0.3) is 0 Å². The Hall–Kier alpha value is -1.43. The molecule has 0 fully saturated rings. The average molecular weight is 288 g/mol. The topological polar surface area (TPSA) is 69.4 Å². The lowest BCUT2D eigenvalue weighted by Crippen LogP contribution is -2.02. The van der Waals surface area contributed by atoms with Gasteiger partial charge in [-0.2, -0.15) is 0 Å². The third-order valence-electron chi connectivity index (χ3n) is 1.93. The highest BCUT2D eigenvalue weighted by Gasteiger charge is 2.20. The molecule has 6 heteroatoms. The molecule has 0 atom stereocenters. The Morgan fingerprint density at radius 1 is 1.56 bits per heavy atom. The van der Waals surface area contributed by atoms with E-state index in [0.29, 0.717) is 16.8 Å². The van der Waals surface area contributed by atoms with Crippen LogP contribution in [-0.4, -0.2) is 17.3 Å². The zero-order chi connectivity index (χ0) is 12.3. The van der Waals surface area contributed by atoms with Gasteiger partial charge < -0.3 is 4.74 Å². The molecule has 0 heterocycles. The molecule has 0 spiro atoms. The van der Waals surface area contributed by atoms with Crippen molar-refractivity contribution in [2.75, 3.05) is 6.61 Å². The highest BCUT2D eigenvalue weighted by Crippen LogP contribution is 2.33. The average Bonchev–Trinajstić information content (AvgIpc) is 2.20. The summed E-state index contributed by atoms with van der Waals surface area (Å²) in [6.07, 6.45) is 0. The fourth-order valence-corrected chi connectivity index (χ4v) is 1.70. The van der Waals surface area contributed by atoms with E-state index < -0.39 is 4.92 Å². The molecule has 0 N–H and O–H groups in total. The van der Waals surface area contributed by atoms with Gasteiger partial charge in [0.1, 0.15) is 5.75 Å². The lowest BCUT2D eigenvalue weighted by molar-refractivity contribution is -0.385. The van der Waals surface area contributed by atoms with Crippen LogP contribution in [0.3, 0.4) is 0 Å². The zero-order valence-electron chi connectivity index (χ0n) is 8.82. The van der Waals surface area contributed by atoms with Crippen LogP contribution in [0.2, 0.25) is 0 Å². The van der Waals surface area contributed by atoms with Crippen molar-refractivity contribution in [1.29, 1.82) is 0 Å². The van der Waals surface area contributed by atoms with Crippen molar-refractivity contribution in [3.05, 3.63) is 32.3 Å². The van der Waals surface area contributed by atoms with Gasteiger partial charge in [0, 0.05) is 0 Å². The maximum absolute atomic E-state index is 11.2. The number of carbonyl (C=O) groups is 1. The van der Waals surface area contributed by atoms with Gasteiger partial charge in [-0.15, -0.1) is 0 Å². The van der Waals surface area contributed by atoms with Crippen LogP contribution < -0.4 is 4.74 Å². The molecule has 0 aliphatic rings. The van der Waals surface area contributed by atoms with E-state index in [0.717, 1.165) is 0 Å². The van der Waals surface area contributed by atoms with Crippen molar-refractivity contribution in [2.45, 2.75) is 13.8 Å². The molecular formula is C10H10BrNO4. The van der Waals surface area contributed by atoms with E-state index in [9.17, 15) is 14.9 Å². The Morgan fingerprint density at radius 2 is 2.19 bits per heavy atom. The number of hydrogen-bond donors (Lipinski definition) is 0. The number of hydrogen-bond acceptors (Lipinski definition) is 4. The first-order valence-electron chi connectivity index (χ1n) is 4.59. The molecule has 0 unspecified atom stereocenters. The standard InChI is InChI=1S/C10H10BrNO4/c1-3-16-10-5-9(12(14)15)7(6(2)13)4-8(10)11/h4-5H,3H2,1-2H3. The highest BCUT2D eigenvalue weighted by atomic mass is 79.9. The monoisotopic (exact) mass is 287 g/mol. The predicted octanol–water partition coefficient (Wildman–Crippen LogP) is 2.96. The lowest BCUT2D eigenvalue weighted by Gasteiger charge is -2.07. The number of nitrogens with zero attached hydrogens (tertiary/aromatic N) is 1. The van der Waals surface area contributed by atoms with E-state index in [2.05, 4.69) is 15.9 Å². The molecule has 5 nitrogen and oxygen atoms in total. The predicted molar refractivity (Wildman–Crippen MR) is 62.0 cm³/mol. The van der Waals surface area contributed by atoms with E-state index in [1.165, 1.54) is 19.1 Å². The fraction of sp³-hybridized carbons (Fsp3) is 0.300. The van der Waals surface area contributed by atoms with E-state index in [-0.39, 0.29) is 17.0 Å². The molecule has 16 heavy (non-hydrogen) atoms. The summed E-state index contributed by atoms with van der Waals surface area (Å²) in [5, 5.41) is 10.8. The quantitative estimate of drug-likeness (QED) is 0.485. The second kappa shape index (κ2) is 5.07. The third kappa shape index (κ3) is 2.57. The molecule has 86 valence electrons. The Labute approximate surface area is 101 Å². The highest BCUT2D eigenvalue weighted by molar-refractivity contribution is 9.10. The van der Waals surface area contributed by atoms with Crippen LogP contribution in [-0.2, 0) is 0 Å². The molecule has 1 aromatic carbocycles. The van der Waals surface area contributed by atoms with Crippen LogP contribution in [0.5, 0.6) is 5.75 Å². The largest absolute Gasteiger partial charge is 0.492 e. The molecule has 0 aromatic heterocycles. The van der Waals surface area contributed by atoms with Gasteiger partial charge in [0.25, 0.3) is 5.69 Å². The van der Waals surface area contributed by atoms with Gasteiger partial charge in [0.15, 0.2) is 5.78 Å². The van der Waals surface area contributed by atoms with Gasteiger partial charge in [-0.05, 0) is 35.8 Å². The molecule has 0 amide bonds. The van der Waals surface area contributed by atoms with Crippen LogP contribution in [0.15, 0.2) is 16.6 Å². The van der Waals surface area contributed by atoms with E-state index in [1.807, 2.05) is 0 Å². The number of halogens is 1. The summed E-state index contributed by atoms with van der Waals surface area (Å²) in [7, 11) is 0. The summed E-state index contributed by atoms with van der Waals surface area (Å²) in [5.41, 5.74) is -0.167. The summed E-state index contributed by atoms with van der Waals surface area (Å²) >= 11 is 3.20. The van der Waals surface area contributed by atoms with Gasteiger partial charge in [0.05, 0.1) is 27.6 Å². The van der Waals surface area contributed by atoms with Crippen LogP contribution in [0.4, 0.5) is 5.69 Å². The molecule has 0 saturated carbocycles. The second-order valence-corrected chi connectivity index (χ2v) is 3.90. The summed E-state index contributed by atoms with van der Waals surface area (Å²) < 4.78 is 5.73. The normalized spacial score (nSPS) is 9.94. The summed E-state index contributed by atoms with van der Waals surface area (Å²) in [6, 6.07) is 2.66. The maximum Gasteiger partial charge on any atom is 0.283 e. The molecule has 1 aromatic rings. The number of benzene rings is 1. The van der Waals surface area contributed by atoms with Crippen molar-refractivity contribution in [2.24, 2.45) is 0 Å². The Morgan fingerprint density at radius 3 is 2.62 bits per heavy atom. The number of ether oxygens (including phenoxy) is 1. The van der Waals surface area contributed by atoms with Crippen LogP contribution in [0.1, 0.15) is 24.2 Å². The molecule has 1 rings (SSSR count). The number of nitro benzene ring substituents is 1. The van der Waals surface area contributed by atoms with E-state index in [1.54, 1.807) is 6.92 Å². The summed E-state index contributed by atoms with van der Waals surface area (Å²) in [4.78, 5) is 21.4. The van der Waals surface area contributed by atoms with Gasteiger partial charge in [-0.1, -0.05) is 0 Å².